The number of thiophene rings is 1. The Bertz CT molecular complexity index is 1450. The standard InChI is InChI=1S/C27H23BrCl2N2O6S/c1-38-19-7-4-13(9-18(19)33)21-15-5-6-16-20(23(35)31(22(16)34)11-14-3-2-8-39-14)17(15)10-26(29)24(36)32(12-28)25(37)27(21,26)30/h2-5,7-9,16-17,20-21,33H,6,10-12H2,1H3/t16-,17+,20-,21-,26+,27-/m0/s1. The second-order valence-electron chi connectivity index (χ2n) is 10.3. The van der Waals surface area contributed by atoms with Gasteiger partial charge in [-0.25, -0.2) is 0 Å². The largest absolute Gasteiger partial charge is 0.504 e. The zero-order chi connectivity index (χ0) is 27.9. The van der Waals surface area contributed by atoms with Gasteiger partial charge in [-0.05, 0) is 47.9 Å². The SMILES string of the molecule is COc1ccc([C@H]2C3=CC[C@@H]4C(=O)N(Cc5cccs5)C(=O)[C@@H]4[C@@H]3C[C@@]3(Cl)C(=O)N(CBr)C(=O)[C@@]23Cl)cc1O. The molecule has 0 spiro atoms. The van der Waals surface area contributed by atoms with Crippen molar-refractivity contribution >= 4 is 74.1 Å². The average Bonchev–Trinajstić information content (AvgIpc) is 3.55. The molecule has 0 bridgehead atoms. The summed E-state index contributed by atoms with van der Waals surface area (Å²) in [7, 11) is 1.42. The van der Waals surface area contributed by atoms with Crippen LogP contribution in [0, 0.1) is 17.8 Å². The Labute approximate surface area is 246 Å². The minimum Gasteiger partial charge on any atom is -0.504 e. The summed E-state index contributed by atoms with van der Waals surface area (Å²) in [6.45, 7) is 0.181. The van der Waals surface area contributed by atoms with Crippen LogP contribution in [0.4, 0.5) is 0 Å². The number of methoxy groups -OCH3 is 1. The van der Waals surface area contributed by atoms with Crippen LogP contribution < -0.4 is 4.74 Å². The first-order valence-electron chi connectivity index (χ1n) is 12.3. The van der Waals surface area contributed by atoms with Crippen molar-refractivity contribution in [3.8, 4) is 11.5 Å². The fourth-order valence-corrected chi connectivity index (χ4v) is 8.91. The molecule has 1 aromatic carbocycles. The molecule has 2 aromatic rings. The molecular weight excluding hydrogens is 631 g/mol. The lowest BCUT2D eigenvalue weighted by Crippen LogP contribution is -2.60. The number of amides is 4. The number of alkyl halides is 3. The summed E-state index contributed by atoms with van der Waals surface area (Å²) in [6, 6.07) is 8.40. The molecule has 4 aliphatic rings. The molecular formula is C27H23BrCl2N2O6S. The molecule has 0 radical (unpaired) electrons. The monoisotopic (exact) mass is 652 g/mol. The van der Waals surface area contributed by atoms with Gasteiger partial charge in [0.2, 0.25) is 11.8 Å². The van der Waals surface area contributed by atoms with Gasteiger partial charge in [0.25, 0.3) is 11.8 Å². The zero-order valence-electron chi connectivity index (χ0n) is 20.6. The van der Waals surface area contributed by atoms with Gasteiger partial charge in [0.1, 0.15) is 0 Å². The summed E-state index contributed by atoms with van der Waals surface area (Å²) >= 11 is 19.0. The normalized spacial score (nSPS) is 33.7. The van der Waals surface area contributed by atoms with Crippen molar-refractivity contribution in [1.29, 1.82) is 0 Å². The Hall–Kier alpha value is -2.40. The molecule has 39 heavy (non-hydrogen) atoms. The third kappa shape index (κ3) is 3.54. The number of aromatic hydroxyl groups is 1. The Morgan fingerprint density at radius 1 is 1.10 bits per heavy atom. The zero-order valence-corrected chi connectivity index (χ0v) is 24.5. The number of benzene rings is 1. The minimum absolute atomic E-state index is 0.0797. The molecule has 12 heteroatoms. The van der Waals surface area contributed by atoms with Crippen LogP contribution in [0.1, 0.15) is 29.2 Å². The summed E-state index contributed by atoms with van der Waals surface area (Å²) < 4.78 is 5.19. The average molecular weight is 654 g/mol. The highest BCUT2D eigenvalue weighted by Gasteiger charge is 2.76. The van der Waals surface area contributed by atoms with Gasteiger partial charge in [-0.3, -0.25) is 29.0 Å². The molecule has 2 aliphatic heterocycles. The molecule has 3 fully saturated rings. The lowest BCUT2D eigenvalue weighted by atomic mass is 9.56. The van der Waals surface area contributed by atoms with Crippen LogP contribution in [-0.4, -0.2) is 60.8 Å². The molecule has 1 N–H and O–H groups in total. The summed E-state index contributed by atoms with van der Waals surface area (Å²) in [5.41, 5.74) is 1.02. The van der Waals surface area contributed by atoms with Gasteiger partial charge in [-0.2, -0.15) is 0 Å². The molecule has 6 atom stereocenters. The van der Waals surface area contributed by atoms with Crippen LogP contribution in [0.3, 0.4) is 0 Å². The number of fused-ring (bicyclic) bond motifs is 4. The van der Waals surface area contributed by atoms with Crippen molar-refractivity contribution in [2.45, 2.75) is 35.1 Å². The predicted octanol–water partition coefficient (Wildman–Crippen LogP) is 4.37. The summed E-state index contributed by atoms with van der Waals surface area (Å²) in [5.74, 6) is -4.73. The van der Waals surface area contributed by atoms with Gasteiger partial charge in [-0.1, -0.05) is 39.7 Å². The van der Waals surface area contributed by atoms with Crippen molar-refractivity contribution in [2.24, 2.45) is 17.8 Å². The lowest BCUT2D eigenvalue weighted by Gasteiger charge is -2.50. The van der Waals surface area contributed by atoms with E-state index in [2.05, 4.69) is 15.9 Å². The molecule has 1 saturated carbocycles. The van der Waals surface area contributed by atoms with Crippen LogP contribution in [0.25, 0.3) is 0 Å². The summed E-state index contributed by atoms with van der Waals surface area (Å²) in [5, 5.41) is 12.5. The second-order valence-corrected chi connectivity index (χ2v) is 13.0. The van der Waals surface area contributed by atoms with Crippen LogP contribution in [0.15, 0.2) is 47.4 Å². The van der Waals surface area contributed by atoms with E-state index in [0.717, 1.165) is 9.78 Å². The topological polar surface area (TPSA) is 104 Å². The van der Waals surface area contributed by atoms with Crippen molar-refractivity contribution < 1.29 is 29.0 Å². The van der Waals surface area contributed by atoms with E-state index in [4.69, 9.17) is 27.9 Å². The maximum Gasteiger partial charge on any atom is 0.254 e. The van der Waals surface area contributed by atoms with E-state index in [1.807, 2.05) is 23.6 Å². The molecule has 4 amide bonds. The smallest absolute Gasteiger partial charge is 0.254 e. The lowest BCUT2D eigenvalue weighted by molar-refractivity contribution is -0.141. The Kier molecular flexibility index (Phi) is 6.41. The number of likely N-dealkylation sites (tertiary alicyclic amines) is 2. The Balaban J connectivity index is 1.49. The maximum atomic E-state index is 13.8. The van der Waals surface area contributed by atoms with Crippen LogP contribution in [0.5, 0.6) is 11.5 Å². The van der Waals surface area contributed by atoms with E-state index < -0.39 is 45.2 Å². The van der Waals surface area contributed by atoms with E-state index in [9.17, 15) is 24.3 Å². The molecule has 6 rings (SSSR count). The van der Waals surface area contributed by atoms with E-state index in [0.29, 0.717) is 11.1 Å². The highest BCUT2D eigenvalue weighted by molar-refractivity contribution is 9.09. The van der Waals surface area contributed by atoms with Crippen LogP contribution in [-0.2, 0) is 25.7 Å². The fraction of sp³-hybridized carbons (Fsp3) is 0.407. The number of carbonyl (C=O) groups is 4. The highest BCUT2D eigenvalue weighted by atomic mass is 79.9. The molecule has 2 aliphatic carbocycles. The number of rotatable bonds is 5. The molecule has 2 saturated heterocycles. The Morgan fingerprint density at radius 2 is 1.87 bits per heavy atom. The summed E-state index contributed by atoms with van der Waals surface area (Å²) in [6.07, 6.45) is 2.07. The Morgan fingerprint density at radius 3 is 2.51 bits per heavy atom. The highest BCUT2D eigenvalue weighted by Crippen LogP contribution is 2.65. The third-order valence-corrected chi connectivity index (χ3v) is 11.3. The minimum atomic E-state index is -1.92. The maximum absolute atomic E-state index is 13.8. The number of halogens is 3. The number of hydrogen-bond donors (Lipinski definition) is 1. The number of ether oxygens (including phenoxy) is 1. The van der Waals surface area contributed by atoms with Crippen molar-refractivity contribution in [1.82, 2.24) is 9.80 Å². The van der Waals surface area contributed by atoms with Gasteiger partial charge < -0.3 is 9.84 Å². The number of nitrogens with zero attached hydrogens (tertiary/aromatic N) is 2. The van der Waals surface area contributed by atoms with Crippen molar-refractivity contribution in [3.05, 3.63) is 57.8 Å². The first-order chi connectivity index (χ1) is 18.6. The third-order valence-electron chi connectivity index (χ3n) is 8.54. The van der Waals surface area contributed by atoms with Crippen molar-refractivity contribution in [3.63, 3.8) is 0 Å². The number of carbonyl (C=O) groups excluding carboxylic acids is 4. The number of hydrogen-bond acceptors (Lipinski definition) is 7. The van der Waals surface area contributed by atoms with E-state index in [-0.39, 0.29) is 48.2 Å². The van der Waals surface area contributed by atoms with E-state index in [1.165, 1.54) is 29.4 Å². The molecule has 204 valence electrons. The molecule has 3 heterocycles. The van der Waals surface area contributed by atoms with Gasteiger partial charge >= 0.3 is 0 Å². The number of phenols is 1. The van der Waals surface area contributed by atoms with Gasteiger partial charge in [0.15, 0.2) is 21.2 Å². The molecule has 0 unspecified atom stereocenters. The number of allylic oxidation sites excluding steroid dienone is 2. The van der Waals surface area contributed by atoms with Gasteiger partial charge in [0, 0.05) is 10.8 Å². The van der Waals surface area contributed by atoms with E-state index >= 15 is 0 Å². The summed E-state index contributed by atoms with van der Waals surface area (Å²) in [4.78, 5) is 54.1. The van der Waals surface area contributed by atoms with E-state index in [1.54, 1.807) is 12.1 Å². The first kappa shape index (κ1) is 26.8. The van der Waals surface area contributed by atoms with Gasteiger partial charge in [0.05, 0.1) is 30.9 Å². The fourth-order valence-electron chi connectivity index (χ4n) is 6.79. The second kappa shape index (κ2) is 9.33. The van der Waals surface area contributed by atoms with Crippen LogP contribution >= 0.6 is 50.5 Å². The van der Waals surface area contributed by atoms with Gasteiger partial charge in [-0.15, -0.1) is 34.5 Å². The predicted molar refractivity (Wildman–Crippen MR) is 148 cm³/mol. The first-order valence-corrected chi connectivity index (χ1v) is 15.1. The molecule has 8 nitrogen and oxygen atoms in total. The molecule has 1 aromatic heterocycles. The van der Waals surface area contributed by atoms with Crippen LogP contribution in [0.2, 0.25) is 0 Å². The number of imide groups is 2. The number of phenolic OH excluding ortho intramolecular Hbond substituents is 1. The quantitative estimate of drug-likeness (QED) is 0.222. The van der Waals surface area contributed by atoms with Crippen molar-refractivity contribution in [2.75, 3.05) is 12.6 Å².